The molecule has 3 N–H and O–H groups in total. The molecule has 0 aliphatic carbocycles. The maximum Gasteiger partial charge on any atom is 0.418 e. The summed E-state index contributed by atoms with van der Waals surface area (Å²) in [6.07, 6.45) is 1.05. The van der Waals surface area contributed by atoms with Crippen molar-refractivity contribution in [2.45, 2.75) is 0 Å². The van der Waals surface area contributed by atoms with Crippen LogP contribution >= 0.6 is 0 Å². The topological polar surface area (TPSA) is 146 Å². The van der Waals surface area contributed by atoms with Gasteiger partial charge in [-0.15, -0.1) is 5.53 Å². The molecule has 0 aromatic carbocycles. The van der Waals surface area contributed by atoms with E-state index >= 15 is 0 Å². The Bertz CT molecular complexity index is 337. The summed E-state index contributed by atoms with van der Waals surface area (Å²) in [4.78, 5) is 11.9. The van der Waals surface area contributed by atoms with E-state index in [2.05, 4.69) is 20.8 Å². The number of hydrazine groups is 1. The summed E-state index contributed by atoms with van der Waals surface area (Å²) in [5, 5.41) is 17.3. The highest BCUT2D eigenvalue weighted by Crippen LogP contribution is 2.00. The van der Waals surface area contributed by atoms with Gasteiger partial charge in [-0.25, -0.2) is 0 Å². The Labute approximate surface area is 71.0 Å². The van der Waals surface area contributed by atoms with E-state index in [0.29, 0.717) is 0 Å². The molecule has 0 saturated carbocycles. The quantitative estimate of drug-likeness (QED) is 0.184. The number of nitrogens with two attached hydrogens (primary N) is 1. The van der Waals surface area contributed by atoms with Gasteiger partial charge in [0.1, 0.15) is 0 Å². The fourth-order valence-electron chi connectivity index (χ4n) is 0.617. The van der Waals surface area contributed by atoms with Crippen molar-refractivity contribution in [2.75, 3.05) is 0 Å². The van der Waals surface area contributed by atoms with Crippen LogP contribution in [0.25, 0.3) is 10.4 Å². The Kier molecular flexibility index (Phi) is 2.17. The van der Waals surface area contributed by atoms with E-state index in [9.17, 15) is 10.1 Å². The van der Waals surface area contributed by atoms with Crippen LogP contribution < -0.4 is 11.3 Å². The molecule has 13 heavy (non-hydrogen) atoms. The van der Waals surface area contributed by atoms with Gasteiger partial charge in [0.2, 0.25) is 0 Å². The van der Waals surface area contributed by atoms with E-state index in [1.54, 1.807) is 0 Å². The zero-order valence-electron chi connectivity index (χ0n) is 6.15. The van der Waals surface area contributed by atoms with E-state index < -0.39 is 10.8 Å². The lowest BCUT2D eigenvalue weighted by molar-refractivity contribution is -0.350. The van der Waals surface area contributed by atoms with Crippen LogP contribution in [0.4, 0.5) is 0 Å². The second-order valence-corrected chi connectivity index (χ2v) is 1.90. The Morgan fingerprint density at radius 1 is 1.92 bits per heavy atom. The lowest BCUT2D eigenvalue weighted by Gasteiger charge is -2.07. The molecule has 0 saturated heterocycles. The molecule has 1 aliphatic heterocycles. The number of hydrogen-bond acceptors (Lipinski definition) is 6. The maximum atomic E-state index is 10.2. The van der Waals surface area contributed by atoms with Crippen LogP contribution in [0.15, 0.2) is 22.2 Å². The second-order valence-electron chi connectivity index (χ2n) is 1.90. The average molecular weight is 184 g/mol. The highest BCUT2D eigenvalue weighted by Gasteiger charge is 2.25. The van der Waals surface area contributed by atoms with Crippen molar-refractivity contribution in [1.29, 1.82) is 0 Å². The van der Waals surface area contributed by atoms with E-state index in [0.717, 1.165) is 11.3 Å². The van der Waals surface area contributed by atoms with Crippen LogP contribution in [-0.2, 0) is 0 Å². The largest absolute Gasteiger partial charge is 0.418 e. The fraction of sp³-hybridized carbons (Fsp3) is 0. The number of hydrogen-bond donors (Lipinski definition) is 2. The molecule has 0 aromatic heterocycles. The molecule has 0 bridgehead atoms. The summed E-state index contributed by atoms with van der Waals surface area (Å²) in [6, 6.07) is 0. The van der Waals surface area contributed by atoms with Gasteiger partial charge in [-0.1, -0.05) is 5.12 Å². The number of rotatable bonds is 1. The summed E-state index contributed by atoms with van der Waals surface area (Å²) >= 11 is 0. The Balaban J connectivity index is 2.86. The van der Waals surface area contributed by atoms with Gasteiger partial charge in [-0.05, 0) is 10.5 Å². The minimum atomic E-state index is -0.758. The van der Waals surface area contributed by atoms with Gasteiger partial charge in [-0.2, -0.15) is 4.91 Å². The molecule has 10 nitrogen and oxygen atoms in total. The predicted octanol–water partition coefficient (Wildman–Crippen LogP) is -0.578. The smallest absolute Gasteiger partial charge is 0.389 e. The molecule has 0 aromatic rings. The highest BCUT2D eigenvalue weighted by molar-refractivity contribution is 5.90. The third-order valence-corrected chi connectivity index (χ3v) is 1.09. The highest BCUT2D eigenvalue weighted by atomic mass is 16.6. The molecular formula is C3H4N8O2. The molecule has 68 valence electrons. The van der Waals surface area contributed by atoms with E-state index in [1.165, 1.54) is 0 Å². The molecule has 0 amide bonds. The van der Waals surface area contributed by atoms with Crippen molar-refractivity contribution in [3.63, 3.8) is 0 Å². The van der Waals surface area contributed by atoms with Crippen molar-refractivity contribution in [3.8, 4) is 0 Å². The van der Waals surface area contributed by atoms with E-state index in [1.807, 2.05) is 0 Å². The summed E-state index contributed by atoms with van der Waals surface area (Å²) < 4.78 is 0. The Hall–Kier alpha value is -2.48. The van der Waals surface area contributed by atoms with Crippen LogP contribution in [0.2, 0.25) is 0 Å². The third-order valence-electron chi connectivity index (χ3n) is 1.09. The summed E-state index contributed by atoms with van der Waals surface area (Å²) in [6.45, 7) is 0. The first-order chi connectivity index (χ1) is 6.15. The van der Waals surface area contributed by atoms with Gasteiger partial charge in [0.15, 0.2) is 11.9 Å². The molecule has 10 heteroatoms. The number of nitro groups is 1. The van der Waals surface area contributed by atoms with Crippen LogP contribution in [-0.4, -0.2) is 15.9 Å². The minimum Gasteiger partial charge on any atom is -0.389 e. The van der Waals surface area contributed by atoms with E-state index in [4.69, 9.17) is 11.3 Å². The Morgan fingerprint density at radius 3 is 3.08 bits per heavy atom. The number of nitrogens with zero attached hydrogens (tertiary/aromatic N) is 6. The van der Waals surface area contributed by atoms with Crippen molar-refractivity contribution < 1.29 is 4.92 Å². The predicted molar refractivity (Wildman–Crippen MR) is 40.8 cm³/mol. The van der Waals surface area contributed by atoms with Crippen molar-refractivity contribution in [2.24, 2.45) is 16.1 Å². The average Bonchev–Trinajstić information content (AvgIpc) is 2.04. The normalized spacial score (nSPS) is 14.9. The lowest BCUT2D eigenvalue weighted by Crippen LogP contribution is -2.35. The minimum absolute atomic E-state index is 0.198. The van der Waals surface area contributed by atoms with Crippen molar-refractivity contribution in [3.05, 3.63) is 32.5 Å². The summed E-state index contributed by atoms with van der Waals surface area (Å²) in [5.74, 6) is -0.524. The molecule has 1 rings (SSSR count). The molecule has 0 atom stereocenters. The standard InChI is InChI=1S/C3H4N8O2/c4-2-1-10(9-7-5)8-6-3(2)11(12)13/h1,8H,4H2. The van der Waals surface area contributed by atoms with Crippen LogP contribution in [0.1, 0.15) is 0 Å². The summed E-state index contributed by atoms with van der Waals surface area (Å²) in [5.41, 5.74) is 15.1. The number of amidine groups is 1. The molecular weight excluding hydrogens is 180 g/mol. The van der Waals surface area contributed by atoms with Gasteiger partial charge in [-0.3, -0.25) is 0 Å². The van der Waals surface area contributed by atoms with Crippen LogP contribution in [0, 0.1) is 10.1 Å². The number of nitrogens with one attached hydrogen (secondary N) is 1. The van der Waals surface area contributed by atoms with Gasteiger partial charge in [0, 0.05) is 5.22 Å². The van der Waals surface area contributed by atoms with Gasteiger partial charge in [0.05, 0.1) is 5.10 Å². The summed E-state index contributed by atoms with van der Waals surface area (Å²) in [7, 11) is 0. The Morgan fingerprint density at radius 2 is 2.62 bits per heavy atom. The van der Waals surface area contributed by atoms with Gasteiger partial charge < -0.3 is 15.8 Å². The fourth-order valence-corrected chi connectivity index (χ4v) is 0.617. The molecule has 0 unspecified atom stereocenters. The first-order valence-electron chi connectivity index (χ1n) is 2.95. The number of hydrazone groups is 1. The zero-order chi connectivity index (χ0) is 9.84. The molecule has 0 spiro atoms. The van der Waals surface area contributed by atoms with Crippen LogP contribution in [0.3, 0.4) is 0 Å². The molecule has 0 radical (unpaired) electrons. The maximum absolute atomic E-state index is 10.2. The second kappa shape index (κ2) is 3.28. The van der Waals surface area contributed by atoms with E-state index in [-0.39, 0.29) is 5.70 Å². The van der Waals surface area contributed by atoms with Crippen molar-refractivity contribution in [1.82, 2.24) is 10.7 Å². The zero-order valence-corrected chi connectivity index (χ0v) is 6.15. The number of azide groups is 1. The van der Waals surface area contributed by atoms with Gasteiger partial charge >= 0.3 is 5.84 Å². The van der Waals surface area contributed by atoms with Gasteiger partial charge in [0.25, 0.3) is 0 Å². The first kappa shape index (κ1) is 8.62. The SMILES string of the molecule is [N-]=[N+]=NN1C=C(N)C([N+](=O)[O-])=NN1. The molecule has 1 aliphatic rings. The van der Waals surface area contributed by atoms with Crippen molar-refractivity contribution >= 4 is 5.84 Å². The monoisotopic (exact) mass is 184 g/mol. The lowest BCUT2D eigenvalue weighted by atomic mass is 10.4. The third kappa shape index (κ3) is 1.75. The molecule has 1 heterocycles. The first-order valence-corrected chi connectivity index (χ1v) is 2.95. The van der Waals surface area contributed by atoms with Crippen LogP contribution in [0.5, 0.6) is 0 Å². The molecule has 0 fully saturated rings.